The lowest BCUT2D eigenvalue weighted by molar-refractivity contribution is -0.120. The zero-order valence-electron chi connectivity index (χ0n) is 16.8. The molecule has 3 aromatic carbocycles. The van der Waals surface area contributed by atoms with Crippen LogP contribution in [0.1, 0.15) is 11.1 Å². The summed E-state index contributed by atoms with van der Waals surface area (Å²) >= 11 is 7.15. The van der Waals surface area contributed by atoms with E-state index in [2.05, 4.69) is 5.32 Å². The van der Waals surface area contributed by atoms with Gasteiger partial charge in [-0.1, -0.05) is 41.1 Å². The molecule has 0 radical (unpaired) electrons. The summed E-state index contributed by atoms with van der Waals surface area (Å²) in [5, 5.41) is 3.59. The molecule has 31 heavy (non-hydrogen) atoms. The Hall–Kier alpha value is -3.09. The Morgan fingerprint density at radius 3 is 2.23 bits per heavy atom. The van der Waals surface area contributed by atoms with E-state index in [9.17, 15) is 14.0 Å². The summed E-state index contributed by atoms with van der Waals surface area (Å²) in [6, 6.07) is 18.2. The van der Waals surface area contributed by atoms with Crippen molar-refractivity contribution in [2.24, 2.45) is 0 Å². The van der Waals surface area contributed by atoms with Gasteiger partial charge in [0.05, 0.1) is 5.69 Å². The van der Waals surface area contributed by atoms with Gasteiger partial charge in [0, 0.05) is 15.6 Å². The molecule has 7 heteroatoms. The summed E-state index contributed by atoms with van der Waals surface area (Å²) in [7, 11) is 0. The van der Waals surface area contributed by atoms with Gasteiger partial charge in [-0.2, -0.15) is 0 Å². The van der Waals surface area contributed by atoms with Gasteiger partial charge in [0.2, 0.25) is 0 Å². The Bertz CT molecular complexity index is 1140. The Balaban J connectivity index is 1.76. The highest BCUT2D eigenvalue weighted by Crippen LogP contribution is 2.39. The number of nitrogens with one attached hydrogen (secondary N) is 1. The zero-order chi connectivity index (χ0) is 22.1. The van der Waals surface area contributed by atoms with Gasteiger partial charge in [-0.25, -0.2) is 9.29 Å². The normalized spacial score (nSPS) is 13.9. The minimum Gasteiger partial charge on any atom is -0.350 e. The largest absolute Gasteiger partial charge is 0.350 e. The second-order valence-electron chi connectivity index (χ2n) is 7.13. The fraction of sp³-hybridized carbons (Fsp3) is 0.0833. The maximum absolute atomic E-state index is 13.4. The highest BCUT2D eigenvalue weighted by atomic mass is 35.5. The molecule has 1 N–H and O–H groups in total. The van der Waals surface area contributed by atoms with Crippen LogP contribution in [0.25, 0.3) is 0 Å². The van der Waals surface area contributed by atoms with Crippen molar-refractivity contribution in [3.8, 4) is 0 Å². The molecule has 0 aromatic heterocycles. The van der Waals surface area contributed by atoms with Gasteiger partial charge in [0.1, 0.15) is 16.4 Å². The number of hydrogen-bond donors (Lipinski definition) is 1. The first-order valence-electron chi connectivity index (χ1n) is 9.50. The van der Waals surface area contributed by atoms with Crippen molar-refractivity contribution < 1.29 is 14.0 Å². The topological polar surface area (TPSA) is 49.4 Å². The number of halogens is 2. The third kappa shape index (κ3) is 4.36. The minimum atomic E-state index is -0.460. The fourth-order valence-corrected chi connectivity index (χ4v) is 4.34. The van der Waals surface area contributed by atoms with Gasteiger partial charge in [-0.3, -0.25) is 9.59 Å². The molecular weight excluding hydrogens is 435 g/mol. The number of nitrogens with zero attached hydrogens (tertiary/aromatic N) is 1. The lowest BCUT2D eigenvalue weighted by Crippen LogP contribution is -2.33. The predicted octanol–water partition coefficient (Wildman–Crippen LogP) is 6.09. The zero-order valence-corrected chi connectivity index (χ0v) is 18.4. The van der Waals surface area contributed by atoms with E-state index in [1.165, 1.54) is 40.9 Å². The fourth-order valence-electron chi connectivity index (χ4n) is 3.29. The third-order valence-electron chi connectivity index (χ3n) is 4.78. The molecule has 3 aromatic rings. The molecular formula is C24H18ClFN2O2S. The van der Waals surface area contributed by atoms with Gasteiger partial charge in [-0.05, 0) is 74.0 Å². The van der Waals surface area contributed by atoms with Crippen molar-refractivity contribution in [1.29, 1.82) is 0 Å². The highest BCUT2D eigenvalue weighted by Gasteiger charge is 2.40. The molecule has 4 rings (SSSR count). The summed E-state index contributed by atoms with van der Waals surface area (Å²) in [5.74, 6) is -1.26. The van der Waals surface area contributed by atoms with Crippen LogP contribution in [0.2, 0.25) is 5.02 Å². The molecule has 0 spiro atoms. The number of aryl methyl sites for hydroxylation is 2. The average molecular weight is 453 g/mol. The SMILES string of the molecule is Cc1ccc(N2C(=O)C(Nc3ccc(F)cc3)=C(Sc3ccc(Cl)cc3)C2=O)c(C)c1. The molecule has 1 aliphatic rings. The van der Waals surface area contributed by atoms with Gasteiger partial charge in [-0.15, -0.1) is 0 Å². The lowest BCUT2D eigenvalue weighted by Gasteiger charge is -2.18. The summed E-state index contributed by atoms with van der Waals surface area (Å²) in [4.78, 5) is 28.9. The molecule has 0 aliphatic carbocycles. The Morgan fingerprint density at radius 2 is 1.58 bits per heavy atom. The van der Waals surface area contributed by atoms with Crippen LogP contribution < -0.4 is 10.2 Å². The van der Waals surface area contributed by atoms with Gasteiger partial charge < -0.3 is 5.32 Å². The monoisotopic (exact) mass is 452 g/mol. The van der Waals surface area contributed by atoms with Gasteiger partial charge in [0.25, 0.3) is 11.8 Å². The molecule has 0 saturated heterocycles. The first-order chi connectivity index (χ1) is 14.8. The van der Waals surface area contributed by atoms with E-state index in [1.807, 2.05) is 26.0 Å². The van der Waals surface area contributed by atoms with E-state index in [1.54, 1.807) is 30.3 Å². The quantitative estimate of drug-likeness (QED) is 0.476. The van der Waals surface area contributed by atoms with Gasteiger partial charge >= 0.3 is 0 Å². The molecule has 0 saturated carbocycles. The van der Waals surface area contributed by atoms with E-state index in [0.29, 0.717) is 16.4 Å². The van der Waals surface area contributed by atoms with Crippen molar-refractivity contribution >= 4 is 46.6 Å². The Morgan fingerprint density at radius 1 is 0.903 bits per heavy atom. The number of hydrogen-bond acceptors (Lipinski definition) is 4. The number of amides is 2. The van der Waals surface area contributed by atoms with E-state index < -0.39 is 11.8 Å². The van der Waals surface area contributed by atoms with Crippen molar-refractivity contribution in [3.63, 3.8) is 0 Å². The first kappa shape index (κ1) is 21.2. The smallest absolute Gasteiger partial charge is 0.283 e. The predicted molar refractivity (Wildman–Crippen MR) is 123 cm³/mol. The molecule has 4 nitrogen and oxygen atoms in total. The second-order valence-corrected chi connectivity index (χ2v) is 8.65. The first-order valence-corrected chi connectivity index (χ1v) is 10.7. The standard InChI is InChI=1S/C24H18ClFN2O2S/c1-14-3-12-20(15(2)13-14)28-23(29)21(27-18-8-6-17(26)7-9-18)22(24(28)30)31-19-10-4-16(25)5-11-19/h3-13,27H,1-2H3. The van der Waals surface area contributed by atoms with Crippen LogP contribution in [0.15, 0.2) is 82.2 Å². The van der Waals surface area contributed by atoms with E-state index in [4.69, 9.17) is 11.6 Å². The van der Waals surface area contributed by atoms with E-state index >= 15 is 0 Å². The van der Waals surface area contributed by atoms with Crippen LogP contribution in [0, 0.1) is 19.7 Å². The number of thioether (sulfide) groups is 1. The van der Waals surface area contributed by atoms with Crippen molar-refractivity contribution in [1.82, 2.24) is 0 Å². The minimum absolute atomic E-state index is 0.150. The molecule has 0 atom stereocenters. The Labute approximate surface area is 188 Å². The van der Waals surface area contributed by atoms with Crippen LogP contribution in [-0.2, 0) is 9.59 Å². The summed E-state index contributed by atoms with van der Waals surface area (Å²) < 4.78 is 13.3. The average Bonchev–Trinajstić information content (AvgIpc) is 2.96. The molecule has 1 aliphatic heterocycles. The number of benzene rings is 3. The van der Waals surface area contributed by atoms with Crippen molar-refractivity contribution in [2.75, 3.05) is 10.2 Å². The third-order valence-corrected chi connectivity index (χ3v) is 6.12. The van der Waals surface area contributed by atoms with Gasteiger partial charge in [0.15, 0.2) is 0 Å². The number of carbonyl (C=O) groups excluding carboxylic acids is 2. The van der Waals surface area contributed by atoms with Crippen molar-refractivity contribution in [3.05, 3.63) is 99.3 Å². The van der Waals surface area contributed by atoms with Crippen LogP contribution in [0.3, 0.4) is 0 Å². The van der Waals surface area contributed by atoms with Crippen LogP contribution >= 0.6 is 23.4 Å². The molecule has 0 unspecified atom stereocenters. The van der Waals surface area contributed by atoms with E-state index in [-0.39, 0.29) is 16.4 Å². The molecule has 2 amide bonds. The van der Waals surface area contributed by atoms with Crippen LogP contribution in [0.4, 0.5) is 15.8 Å². The molecule has 0 bridgehead atoms. The second kappa shape index (κ2) is 8.57. The number of anilines is 2. The number of imide groups is 1. The van der Waals surface area contributed by atoms with Crippen LogP contribution in [-0.4, -0.2) is 11.8 Å². The van der Waals surface area contributed by atoms with Crippen LogP contribution in [0.5, 0.6) is 0 Å². The summed E-state index contributed by atoms with van der Waals surface area (Å²) in [6.45, 7) is 3.81. The maximum atomic E-state index is 13.4. The Kier molecular flexibility index (Phi) is 5.85. The maximum Gasteiger partial charge on any atom is 0.283 e. The lowest BCUT2D eigenvalue weighted by atomic mass is 10.1. The summed E-state index contributed by atoms with van der Waals surface area (Å²) in [5.41, 5.74) is 3.05. The highest BCUT2D eigenvalue weighted by molar-refractivity contribution is 8.04. The molecule has 156 valence electrons. The van der Waals surface area contributed by atoms with Crippen molar-refractivity contribution in [2.45, 2.75) is 18.7 Å². The number of carbonyl (C=O) groups is 2. The molecule has 0 fully saturated rings. The molecule has 1 heterocycles. The number of rotatable bonds is 5. The summed E-state index contributed by atoms with van der Waals surface area (Å²) in [6.07, 6.45) is 0. The van der Waals surface area contributed by atoms with E-state index in [0.717, 1.165) is 16.0 Å².